The highest BCUT2D eigenvalue weighted by atomic mass is 16.5. The highest BCUT2D eigenvalue weighted by Crippen LogP contribution is 2.41. The molecule has 4 aliphatic rings. The number of rotatable bonds is 5. The Hall–Kier alpha value is -0.870. The number of fused-ring (bicyclic) bond motifs is 1. The third-order valence-electron chi connectivity index (χ3n) is 6.10. The quantitative estimate of drug-likeness (QED) is 0.732. The first-order valence-electron chi connectivity index (χ1n) is 9.40. The van der Waals surface area contributed by atoms with Gasteiger partial charge < -0.3 is 14.4 Å². The molecule has 4 heteroatoms. The maximum atomic E-state index is 12.8. The Morgan fingerprint density at radius 1 is 1.26 bits per heavy atom. The summed E-state index contributed by atoms with van der Waals surface area (Å²) in [5.74, 6) is 1.32. The molecule has 4 rings (SSSR count). The molecule has 4 nitrogen and oxygen atoms in total. The highest BCUT2D eigenvalue weighted by Gasteiger charge is 2.48. The van der Waals surface area contributed by atoms with Gasteiger partial charge in [-0.3, -0.25) is 4.79 Å². The van der Waals surface area contributed by atoms with Gasteiger partial charge in [0.05, 0.1) is 12.7 Å². The van der Waals surface area contributed by atoms with Crippen molar-refractivity contribution in [2.75, 3.05) is 32.9 Å². The SMILES string of the molecule is O=C(C1CC=CC1)N1CCC2OCCCC2(COCC2CC2)C1. The Balaban J connectivity index is 1.41. The van der Waals surface area contributed by atoms with Crippen molar-refractivity contribution in [1.82, 2.24) is 4.90 Å². The molecule has 0 bridgehead atoms. The van der Waals surface area contributed by atoms with Crippen LogP contribution in [0.4, 0.5) is 0 Å². The largest absolute Gasteiger partial charge is 0.380 e. The van der Waals surface area contributed by atoms with Gasteiger partial charge in [0.15, 0.2) is 0 Å². The zero-order valence-electron chi connectivity index (χ0n) is 14.0. The standard InChI is InChI=1S/C19H29NO3/c21-18(16-4-1-2-5-16)20-10-8-17-19(13-20,9-3-11-23-17)14-22-12-15-6-7-15/h1-2,15-17H,3-14H2. The van der Waals surface area contributed by atoms with Gasteiger partial charge in [0.1, 0.15) is 0 Å². The van der Waals surface area contributed by atoms with Gasteiger partial charge in [0.25, 0.3) is 0 Å². The smallest absolute Gasteiger partial charge is 0.226 e. The van der Waals surface area contributed by atoms with Crippen LogP contribution in [0, 0.1) is 17.3 Å². The molecule has 2 aliphatic carbocycles. The molecule has 0 N–H and O–H groups in total. The molecule has 1 amide bonds. The van der Waals surface area contributed by atoms with E-state index in [0.29, 0.717) is 5.91 Å². The fourth-order valence-electron chi connectivity index (χ4n) is 4.48. The minimum absolute atomic E-state index is 0.0348. The van der Waals surface area contributed by atoms with Crippen LogP contribution in [0.5, 0.6) is 0 Å². The van der Waals surface area contributed by atoms with Crippen molar-refractivity contribution in [3.63, 3.8) is 0 Å². The van der Waals surface area contributed by atoms with Crippen molar-refractivity contribution in [2.45, 2.75) is 51.0 Å². The van der Waals surface area contributed by atoms with Gasteiger partial charge in [0, 0.05) is 37.6 Å². The van der Waals surface area contributed by atoms with E-state index in [1.165, 1.54) is 12.8 Å². The molecule has 0 aromatic rings. The van der Waals surface area contributed by atoms with Crippen LogP contribution in [-0.2, 0) is 14.3 Å². The number of ether oxygens (including phenoxy) is 2. The van der Waals surface area contributed by atoms with Crippen molar-refractivity contribution < 1.29 is 14.3 Å². The number of hydrogen-bond donors (Lipinski definition) is 0. The molecule has 0 spiro atoms. The van der Waals surface area contributed by atoms with Crippen LogP contribution < -0.4 is 0 Å². The van der Waals surface area contributed by atoms with Gasteiger partial charge in [-0.1, -0.05) is 12.2 Å². The van der Waals surface area contributed by atoms with Crippen molar-refractivity contribution in [3.8, 4) is 0 Å². The molecule has 0 aromatic carbocycles. The number of allylic oxidation sites excluding steroid dienone is 2. The van der Waals surface area contributed by atoms with Crippen LogP contribution in [-0.4, -0.2) is 49.8 Å². The van der Waals surface area contributed by atoms with Crippen molar-refractivity contribution in [1.29, 1.82) is 0 Å². The van der Waals surface area contributed by atoms with Crippen LogP contribution in [0.3, 0.4) is 0 Å². The van der Waals surface area contributed by atoms with Crippen molar-refractivity contribution >= 4 is 5.91 Å². The average molecular weight is 319 g/mol. The van der Waals surface area contributed by atoms with E-state index in [2.05, 4.69) is 17.1 Å². The van der Waals surface area contributed by atoms with Gasteiger partial charge in [0.2, 0.25) is 5.91 Å². The van der Waals surface area contributed by atoms with Crippen LogP contribution in [0.2, 0.25) is 0 Å². The highest BCUT2D eigenvalue weighted by molar-refractivity contribution is 5.79. The fraction of sp³-hybridized carbons (Fsp3) is 0.842. The predicted molar refractivity (Wildman–Crippen MR) is 88.0 cm³/mol. The maximum Gasteiger partial charge on any atom is 0.226 e. The van der Waals surface area contributed by atoms with Gasteiger partial charge >= 0.3 is 0 Å². The third kappa shape index (κ3) is 3.34. The second kappa shape index (κ2) is 6.56. The number of hydrogen-bond acceptors (Lipinski definition) is 3. The lowest BCUT2D eigenvalue weighted by molar-refractivity contribution is -0.167. The minimum Gasteiger partial charge on any atom is -0.380 e. The number of carbonyl (C=O) groups is 1. The zero-order valence-corrected chi connectivity index (χ0v) is 14.0. The molecular weight excluding hydrogens is 290 g/mol. The van der Waals surface area contributed by atoms with E-state index in [4.69, 9.17) is 9.47 Å². The molecular formula is C19H29NO3. The normalized spacial score (nSPS) is 34.6. The molecule has 23 heavy (non-hydrogen) atoms. The first kappa shape index (κ1) is 15.6. The van der Waals surface area contributed by atoms with E-state index in [1.54, 1.807) is 0 Å². The molecule has 1 saturated carbocycles. The second-order valence-electron chi connectivity index (χ2n) is 7.97. The zero-order chi connectivity index (χ0) is 15.7. The Kier molecular flexibility index (Phi) is 4.46. The number of likely N-dealkylation sites (tertiary alicyclic amines) is 1. The van der Waals surface area contributed by atoms with Crippen molar-refractivity contribution in [2.24, 2.45) is 17.3 Å². The summed E-state index contributed by atoms with van der Waals surface area (Å²) in [5.41, 5.74) is 0.0348. The topological polar surface area (TPSA) is 38.8 Å². The van der Waals surface area contributed by atoms with E-state index in [0.717, 1.165) is 70.9 Å². The van der Waals surface area contributed by atoms with Gasteiger partial charge in [-0.2, -0.15) is 0 Å². The first-order valence-corrected chi connectivity index (χ1v) is 9.40. The lowest BCUT2D eigenvalue weighted by Crippen LogP contribution is -2.58. The summed E-state index contributed by atoms with van der Waals surface area (Å²) >= 11 is 0. The number of carbonyl (C=O) groups excluding carboxylic acids is 1. The van der Waals surface area contributed by atoms with E-state index >= 15 is 0 Å². The second-order valence-corrected chi connectivity index (χ2v) is 7.97. The lowest BCUT2D eigenvalue weighted by Gasteiger charge is -2.50. The van der Waals surface area contributed by atoms with Crippen LogP contribution >= 0.6 is 0 Å². The van der Waals surface area contributed by atoms with E-state index in [1.807, 2.05) is 0 Å². The summed E-state index contributed by atoms with van der Waals surface area (Å²) in [6.07, 6.45) is 12.3. The molecule has 2 atom stereocenters. The summed E-state index contributed by atoms with van der Waals surface area (Å²) in [6, 6.07) is 0. The Labute approximate surface area is 139 Å². The monoisotopic (exact) mass is 319 g/mol. The van der Waals surface area contributed by atoms with Gasteiger partial charge in [-0.15, -0.1) is 0 Å². The molecule has 0 aromatic heterocycles. The third-order valence-corrected chi connectivity index (χ3v) is 6.10. The van der Waals surface area contributed by atoms with E-state index in [-0.39, 0.29) is 17.4 Å². The summed E-state index contributed by atoms with van der Waals surface area (Å²) in [5, 5.41) is 0. The summed E-state index contributed by atoms with van der Waals surface area (Å²) in [4.78, 5) is 14.9. The molecule has 3 fully saturated rings. The van der Waals surface area contributed by atoms with Gasteiger partial charge in [-0.05, 0) is 50.9 Å². The molecule has 0 radical (unpaired) electrons. The van der Waals surface area contributed by atoms with Crippen LogP contribution in [0.1, 0.15) is 44.9 Å². The molecule has 2 aliphatic heterocycles. The predicted octanol–water partition coefficient (Wildman–Crippen LogP) is 2.78. The number of nitrogens with zero attached hydrogens (tertiary/aromatic N) is 1. The van der Waals surface area contributed by atoms with Gasteiger partial charge in [-0.25, -0.2) is 0 Å². The summed E-state index contributed by atoms with van der Waals surface area (Å²) in [6.45, 7) is 4.22. The Morgan fingerprint density at radius 2 is 2.09 bits per heavy atom. The van der Waals surface area contributed by atoms with Crippen LogP contribution in [0.15, 0.2) is 12.2 Å². The maximum absolute atomic E-state index is 12.8. The Morgan fingerprint density at radius 3 is 2.87 bits per heavy atom. The fourth-order valence-corrected chi connectivity index (χ4v) is 4.48. The minimum atomic E-state index is 0.0348. The molecule has 128 valence electrons. The summed E-state index contributed by atoms with van der Waals surface area (Å²) in [7, 11) is 0. The molecule has 2 unspecified atom stereocenters. The van der Waals surface area contributed by atoms with Crippen molar-refractivity contribution in [3.05, 3.63) is 12.2 Å². The first-order chi connectivity index (χ1) is 11.3. The Bertz CT molecular complexity index is 465. The number of amides is 1. The average Bonchev–Trinajstić information content (AvgIpc) is 3.24. The molecule has 2 saturated heterocycles. The van der Waals surface area contributed by atoms with E-state index < -0.39 is 0 Å². The van der Waals surface area contributed by atoms with Crippen LogP contribution in [0.25, 0.3) is 0 Å². The summed E-state index contributed by atoms with van der Waals surface area (Å²) < 4.78 is 12.2. The molecule has 2 heterocycles. The number of piperidine rings is 1. The van der Waals surface area contributed by atoms with E-state index in [9.17, 15) is 4.79 Å². The lowest BCUT2D eigenvalue weighted by atomic mass is 9.72.